The Morgan fingerprint density at radius 3 is 2.53 bits per heavy atom. The van der Waals surface area contributed by atoms with Crippen molar-refractivity contribution in [1.29, 1.82) is 0 Å². The molecule has 32 heavy (non-hydrogen) atoms. The van der Waals surface area contributed by atoms with Gasteiger partial charge in [-0.2, -0.15) is 0 Å². The number of carbonyl (C=O) groups excluding carboxylic acids is 1. The predicted molar refractivity (Wildman–Crippen MR) is 121 cm³/mol. The standard InChI is InChI=1S/C24H32FN5O2/c1-16-3-4-18(13-21(16)25)14-26-23-17(2)22(27-15-28-23)24(32)30-9-5-19(6-10-30)29-11-7-20(31)8-12-29/h3-4,13,15,19-20,31H,5-12,14H2,1-2H3,(H,26,27,28). The normalized spacial score (nSPS) is 18.7. The first-order chi connectivity index (χ1) is 15.4. The summed E-state index contributed by atoms with van der Waals surface area (Å²) in [4.78, 5) is 26.1. The van der Waals surface area contributed by atoms with Crippen molar-refractivity contribution in [3.63, 3.8) is 0 Å². The van der Waals surface area contributed by atoms with Crippen LogP contribution in [0.1, 0.15) is 52.9 Å². The number of nitrogens with zero attached hydrogens (tertiary/aromatic N) is 4. The maximum absolute atomic E-state index is 13.8. The lowest BCUT2D eigenvalue weighted by Crippen LogP contribution is -2.49. The van der Waals surface area contributed by atoms with Crippen LogP contribution in [0.5, 0.6) is 0 Å². The number of carbonyl (C=O) groups is 1. The van der Waals surface area contributed by atoms with E-state index in [1.54, 1.807) is 13.0 Å². The summed E-state index contributed by atoms with van der Waals surface area (Å²) in [6.07, 6.45) is 4.80. The largest absolute Gasteiger partial charge is 0.393 e. The summed E-state index contributed by atoms with van der Waals surface area (Å²) in [6.45, 7) is 7.28. The molecule has 0 bridgehead atoms. The van der Waals surface area contributed by atoms with Gasteiger partial charge in [-0.05, 0) is 56.7 Å². The van der Waals surface area contributed by atoms with Crippen molar-refractivity contribution in [2.75, 3.05) is 31.5 Å². The molecule has 172 valence electrons. The van der Waals surface area contributed by atoms with Gasteiger partial charge in [0.25, 0.3) is 5.91 Å². The van der Waals surface area contributed by atoms with Crippen LogP contribution in [0.4, 0.5) is 10.2 Å². The zero-order valence-corrected chi connectivity index (χ0v) is 18.9. The Balaban J connectivity index is 1.36. The zero-order valence-electron chi connectivity index (χ0n) is 18.9. The smallest absolute Gasteiger partial charge is 0.272 e. The van der Waals surface area contributed by atoms with E-state index in [-0.39, 0.29) is 17.8 Å². The van der Waals surface area contributed by atoms with Crippen LogP contribution in [0.3, 0.4) is 0 Å². The van der Waals surface area contributed by atoms with Crippen LogP contribution in [0.2, 0.25) is 0 Å². The van der Waals surface area contributed by atoms with E-state index in [4.69, 9.17) is 0 Å². The van der Waals surface area contributed by atoms with Gasteiger partial charge in [-0.3, -0.25) is 4.79 Å². The van der Waals surface area contributed by atoms with Crippen molar-refractivity contribution in [2.45, 2.75) is 58.2 Å². The summed E-state index contributed by atoms with van der Waals surface area (Å²) in [7, 11) is 0. The Morgan fingerprint density at radius 1 is 1.12 bits per heavy atom. The van der Waals surface area contributed by atoms with Gasteiger partial charge in [0.05, 0.1) is 6.10 Å². The number of piperidine rings is 2. The van der Waals surface area contributed by atoms with E-state index in [0.717, 1.165) is 44.3 Å². The third-order valence-electron chi connectivity index (χ3n) is 6.75. The fourth-order valence-corrected chi connectivity index (χ4v) is 4.61. The first-order valence-corrected chi connectivity index (χ1v) is 11.4. The number of rotatable bonds is 5. The molecule has 1 amide bonds. The molecular weight excluding hydrogens is 409 g/mol. The Morgan fingerprint density at radius 2 is 1.84 bits per heavy atom. The summed E-state index contributed by atoms with van der Waals surface area (Å²) in [5.41, 5.74) is 2.54. The number of aliphatic hydroxyl groups excluding tert-OH is 1. The number of nitrogens with one attached hydrogen (secondary N) is 1. The minimum absolute atomic E-state index is 0.0677. The first-order valence-electron chi connectivity index (χ1n) is 11.4. The number of hydrogen-bond donors (Lipinski definition) is 2. The molecule has 0 saturated carbocycles. The molecule has 4 rings (SSSR count). The van der Waals surface area contributed by atoms with Crippen LogP contribution in [0, 0.1) is 19.7 Å². The monoisotopic (exact) mass is 441 g/mol. The molecule has 0 unspecified atom stereocenters. The quantitative estimate of drug-likeness (QED) is 0.743. The highest BCUT2D eigenvalue weighted by Crippen LogP contribution is 2.23. The number of aryl methyl sites for hydroxylation is 1. The molecule has 2 aromatic rings. The SMILES string of the molecule is Cc1ccc(CNc2ncnc(C(=O)N3CCC(N4CCC(O)CC4)CC3)c2C)cc1F. The predicted octanol–water partition coefficient (Wildman–Crippen LogP) is 2.91. The summed E-state index contributed by atoms with van der Waals surface area (Å²) in [5, 5.41) is 12.9. The van der Waals surface area contributed by atoms with Gasteiger partial charge in [0, 0.05) is 44.3 Å². The number of aromatic nitrogens is 2. The molecule has 0 aliphatic carbocycles. The molecule has 2 N–H and O–H groups in total. The van der Waals surface area contributed by atoms with Crippen LogP contribution in [-0.2, 0) is 6.54 Å². The van der Waals surface area contributed by atoms with Gasteiger partial charge in [0.15, 0.2) is 0 Å². The van der Waals surface area contributed by atoms with Gasteiger partial charge in [-0.1, -0.05) is 12.1 Å². The lowest BCUT2D eigenvalue weighted by Gasteiger charge is -2.41. The highest BCUT2D eigenvalue weighted by Gasteiger charge is 2.30. The Hall–Kier alpha value is -2.58. The molecule has 1 aromatic carbocycles. The van der Waals surface area contributed by atoms with E-state index in [2.05, 4.69) is 20.2 Å². The molecule has 0 spiro atoms. The number of benzene rings is 1. The van der Waals surface area contributed by atoms with Crippen molar-refractivity contribution < 1.29 is 14.3 Å². The van der Waals surface area contributed by atoms with E-state index < -0.39 is 0 Å². The Labute approximate surface area is 188 Å². The maximum atomic E-state index is 13.8. The topological polar surface area (TPSA) is 81.6 Å². The van der Waals surface area contributed by atoms with E-state index in [9.17, 15) is 14.3 Å². The van der Waals surface area contributed by atoms with E-state index >= 15 is 0 Å². The van der Waals surface area contributed by atoms with Gasteiger partial charge in [-0.15, -0.1) is 0 Å². The van der Waals surface area contributed by atoms with Gasteiger partial charge < -0.3 is 20.2 Å². The van der Waals surface area contributed by atoms with Crippen LogP contribution >= 0.6 is 0 Å². The van der Waals surface area contributed by atoms with Gasteiger partial charge in [0.2, 0.25) is 0 Å². The van der Waals surface area contributed by atoms with Crippen molar-refractivity contribution in [2.24, 2.45) is 0 Å². The van der Waals surface area contributed by atoms with Crippen molar-refractivity contribution in [1.82, 2.24) is 19.8 Å². The third-order valence-corrected chi connectivity index (χ3v) is 6.75. The molecular formula is C24H32FN5O2. The maximum Gasteiger partial charge on any atom is 0.272 e. The molecule has 0 radical (unpaired) electrons. The van der Waals surface area contributed by atoms with Gasteiger partial charge in [0.1, 0.15) is 23.7 Å². The molecule has 2 saturated heterocycles. The lowest BCUT2D eigenvalue weighted by molar-refractivity contribution is 0.0355. The molecule has 0 atom stereocenters. The van der Waals surface area contributed by atoms with Crippen LogP contribution < -0.4 is 5.32 Å². The highest BCUT2D eigenvalue weighted by atomic mass is 19.1. The molecule has 2 aliphatic heterocycles. The number of aliphatic hydroxyl groups is 1. The molecule has 2 fully saturated rings. The number of anilines is 1. The third kappa shape index (κ3) is 5.07. The van der Waals surface area contributed by atoms with Gasteiger partial charge >= 0.3 is 0 Å². The van der Waals surface area contributed by atoms with E-state index in [1.807, 2.05) is 17.9 Å². The number of likely N-dealkylation sites (tertiary alicyclic amines) is 2. The summed E-state index contributed by atoms with van der Waals surface area (Å²) in [6, 6.07) is 5.62. The molecule has 1 aromatic heterocycles. The molecule has 2 aliphatic rings. The van der Waals surface area contributed by atoms with Crippen molar-refractivity contribution >= 4 is 11.7 Å². The van der Waals surface area contributed by atoms with Crippen molar-refractivity contribution in [3.05, 3.63) is 52.7 Å². The molecule has 8 heteroatoms. The summed E-state index contributed by atoms with van der Waals surface area (Å²) < 4.78 is 13.8. The molecule has 7 nitrogen and oxygen atoms in total. The molecule has 3 heterocycles. The number of amides is 1. The van der Waals surface area contributed by atoms with Crippen LogP contribution in [0.15, 0.2) is 24.5 Å². The average Bonchev–Trinajstić information content (AvgIpc) is 2.81. The van der Waals surface area contributed by atoms with Gasteiger partial charge in [-0.25, -0.2) is 14.4 Å². The summed E-state index contributed by atoms with van der Waals surface area (Å²) in [5.74, 6) is 0.289. The second-order valence-electron chi connectivity index (χ2n) is 8.92. The number of hydrogen-bond acceptors (Lipinski definition) is 6. The zero-order chi connectivity index (χ0) is 22.7. The first kappa shape index (κ1) is 22.6. The summed E-state index contributed by atoms with van der Waals surface area (Å²) >= 11 is 0. The number of halogens is 1. The highest BCUT2D eigenvalue weighted by molar-refractivity contribution is 5.94. The fraction of sp³-hybridized carbons (Fsp3) is 0.542. The van der Waals surface area contributed by atoms with Crippen molar-refractivity contribution in [3.8, 4) is 0 Å². The van der Waals surface area contributed by atoms with E-state index in [1.165, 1.54) is 12.4 Å². The lowest BCUT2D eigenvalue weighted by atomic mass is 9.98. The Kier molecular flexibility index (Phi) is 7.01. The van der Waals surface area contributed by atoms with E-state index in [0.29, 0.717) is 48.3 Å². The Bertz CT molecular complexity index is 953. The van der Waals surface area contributed by atoms with Crippen LogP contribution in [0.25, 0.3) is 0 Å². The van der Waals surface area contributed by atoms with Crippen LogP contribution in [-0.4, -0.2) is 69.1 Å². The minimum Gasteiger partial charge on any atom is -0.393 e. The second-order valence-corrected chi connectivity index (χ2v) is 8.92. The fourth-order valence-electron chi connectivity index (χ4n) is 4.61. The average molecular weight is 442 g/mol. The minimum atomic E-state index is -0.233. The second kappa shape index (κ2) is 9.92.